The minimum absolute atomic E-state index is 0.00140. The lowest BCUT2D eigenvalue weighted by atomic mass is 10.1. The van der Waals surface area contributed by atoms with Gasteiger partial charge in [0.05, 0.1) is 18.1 Å². The monoisotopic (exact) mass is 294 g/mol. The Labute approximate surface area is 124 Å². The van der Waals surface area contributed by atoms with E-state index in [1.165, 1.54) is 0 Å². The Hall–Kier alpha value is -1.66. The van der Waals surface area contributed by atoms with Crippen LogP contribution in [-0.4, -0.2) is 30.8 Å². The van der Waals surface area contributed by atoms with Crippen molar-refractivity contribution < 1.29 is 14.4 Å². The number of rotatable bonds is 7. The van der Waals surface area contributed by atoms with E-state index in [9.17, 15) is 10.1 Å². The van der Waals surface area contributed by atoms with Gasteiger partial charge in [-0.25, -0.2) is 0 Å². The predicted octanol–water partition coefficient (Wildman–Crippen LogP) is 2.65. The summed E-state index contributed by atoms with van der Waals surface area (Å²) < 4.78 is 11.1. The number of nitro benzene ring substituents is 1. The number of nitro groups is 1. The highest BCUT2D eigenvalue weighted by Gasteiger charge is 2.21. The van der Waals surface area contributed by atoms with E-state index in [-0.39, 0.29) is 16.7 Å². The van der Waals surface area contributed by atoms with Gasteiger partial charge in [-0.15, -0.1) is 0 Å². The molecule has 1 saturated heterocycles. The Bertz CT molecular complexity index is 473. The van der Waals surface area contributed by atoms with Crippen LogP contribution in [-0.2, 0) is 11.3 Å². The van der Waals surface area contributed by atoms with Crippen molar-refractivity contribution in [3.63, 3.8) is 0 Å². The van der Waals surface area contributed by atoms with Gasteiger partial charge in [0.15, 0.2) is 5.75 Å². The van der Waals surface area contributed by atoms with Gasteiger partial charge in [-0.2, -0.15) is 0 Å². The molecule has 1 aliphatic heterocycles. The van der Waals surface area contributed by atoms with Crippen LogP contribution in [0.4, 0.5) is 5.69 Å². The van der Waals surface area contributed by atoms with Crippen LogP contribution in [0.3, 0.4) is 0 Å². The van der Waals surface area contributed by atoms with E-state index in [1.54, 1.807) is 12.1 Å². The molecule has 0 bridgehead atoms. The van der Waals surface area contributed by atoms with Crippen molar-refractivity contribution in [1.29, 1.82) is 0 Å². The second-order valence-corrected chi connectivity index (χ2v) is 5.17. The van der Waals surface area contributed by atoms with E-state index < -0.39 is 0 Å². The maximum absolute atomic E-state index is 11.2. The van der Waals surface area contributed by atoms with Gasteiger partial charge in [-0.1, -0.05) is 13.0 Å². The third kappa shape index (κ3) is 4.68. The highest BCUT2D eigenvalue weighted by atomic mass is 16.6. The molecule has 116 valence electrons. The van der Waals surface area contributed by atoms with Crippen LogP contribution in [0.25, 0.3) is 0 Å². The van der Waals surface area contributed by atoms with Gasteiger partial charge in [0.2, 0.25) is 0 Å². The zero-order chi connectivity index (χ0) is 15.1. The maximum Gasteiger partial charge on any atom is 0.311 e. The summed E-state index contributed by atoms with van der Waals surface area (Å²) in [6.07, 6.45) is 2.59. The molecule has 1 fully saturated rings. The first kappa shape index (κ1) is 15.7. The molecule has 2 rings (SSSR count). The molecule has 1 aromatic rings. The molecule has 1 heterocycles. The van der Waals surface area contributed by atoms with Gasteiger partial charge < -0.3 is 14.8 Å². The largest absolute Gasteiger partial charge is 0.483 e. The number of hydrogen-bond donors (Lipinski definition) is 1. The Morgan fingerprint density at radius 3 is 2.86 bits per heavy atom. The summed E-state index contributed by atoms with van der Waals surface area (Å²) in [5.41, 5.74) is 0.937. The summed E-state index contributed by atoms with van der Waals surface area (Å²) in [4.78, 5) is 10.8. The molecule has 6 heteroatoms. The molecule has 0 saturated carbocycles. The minimum Gasteiger partial charge on any atom is -0.483 e. The Kier molecular flexibility index (Phi) is 5.95. The van der Waals surface area contributed by atoms with Crippen molar-refractivity contribution in [2.24, 2.45) is 0 Å². The van der Waals surface area contributed by atoms with Crippen molar-refractivity contribution in [2.45, 2.75) is 38.8 Å². The zero-order valence-electron chi connectivity index (χ0n) is 12.3. The van der Waals surface area contributed by atoms with Gasteiger partial charge >= 0.3 is 5.69 Å². The van der Waals surface area contributed by atoms with E-state index in [0.29, 0.717) is 25.5 Å². The standard InChI is InChI=1S/C15H22N2O4/c1-2-7-16-11-12-3-4-15(14(10-12)17(18)19)21-13-5-8-20-9-6-13/h3-4,10,13,16H,2,5-9,11H2,1H3. The Morgan fingerprint density at radius 2 is 2.19 bits per heavy atom. The third-order valence-corrected chi connectivity index (χ3v) is 3.44. The molecule has 0 aliphatic carbocycles. The lowest BCUT2D eigenvalue weighted by molar-refractivity contribution is -0.386. The van der Waals surface area contributed by atoms with Gasteiger partial charge in [0, 0.05) is 25.5 Å². The average molecular weight is 294 g/mol. The van der Waals surface area contributed by atoms with Crippen molar-refractivity contribution >= 4 is 5.69 Å². The molecular weight excluding hydrogens is 272 g/mol. The van der Waals surface area contributed by atoms with Crippen LogP contribution in [0.2, 0.25) is 0 Å². The van der Waals surface area contributed by atoms with E-state index in [4.69, 9.17) is 9.47 Å². The van der Waals surface area contributed by atoms with Gasteiger partial charge in [-0.05, 0) is 24.6 Å². The first-order valence-electron chi connectivity index (χ1n) is 7.43. The van der Waals surface area contributed by atoms with Crippen LogP contribution in [0, 0.1) is 10.1 Å². The molecule has 1 aromatic carbocycles. The van der Waals surface area contributed by atoms with Crippen LogP contribution in [0.1, 0.15) is 31.7 Å². The second-order valence-electron chi connectivity index (χ2n) is 5.17. The van der Waals surface area contributed by atoms with Gasteiger partial charge in [0.1, 0.15) is 6.10 Å². The number of hydrogen-bond acceptors (Lipinski definition) is 5. The third-order valence-electron chi connectivity index (χ3n) is 3.44. The smallest absolute Gasteiger partial charge is 0.311 e. The van der Waals surface area contributed by atoms with E-state index in [1.807, 2.05) is 6.07 Å². The van der Waals surface area contributed by atoms with Crippen molar-refractivity contribution in [2.75, 3.05) is 19.8 Å². The molecule has 1 N–H and O–H groups in total. The number of nitrogens with one attached hydrogen (secondary N) is 1. The van der Waals surface area contributed by atoms with Gasteiger partial charge in [-0.3, -0.25) is 10.1 Å². The summed E-state index contributed by atoms with van der Waals surface area (Å²) in [6, 6.07) is 5.18. The van der Waals surface area contributed by atoms with Crippen LogP contribution < -0.4 is 10.1 Å². The number of nitrogens with zero attached hydrogens (tertiary/aromatic N) is 1. The number of benzene rings is 1. The average Bonchev–Trinajstić information content (AvgIpc) is 2.50. The van der Waals surface area contributed by atoms with Crippen LogP contribution in [0.5, 0.6) is 5.75 Å². The molecule has 6 nitrogen and oxygen atoms in total. The van der Waals surface area contributed by atoms with Crippen LogP contribution >= 0.6 is 0 Å². The fourth-order valence-electron chi connectivity index (χ4n) is 2.30. The first-order valence-corrected chi connectivity index (χ1v) is 7.43. The molecule has 0 unspecified atom stereocenters. The fraction of sp³-hybridized carbons (Fsp3) is 0.600. The molecule has 0 radical (unpaired) electrons. The van der Waals surface area contributed by atoms with Gasteiger partial charge in [0.25, 0.3) is 0 Å². The lowest BCUT2D eigenvalue weighted by Crippen LogP contribution is -2.26. The molecule has 0 aromatic heterocycles. The molecule has 1 aliphatic rings. The normalized spacial score (nSPS) is 15.9. The van der Waals surface area contributed by atoms with E-state index in [0.717, 1.165) is 31.4 Å². The Balaban J connectivity index is 2.07. The van der Waals surface area contributed by atoms with Crippen LogP contribution in [0.15, 0.2) is 18.2 Å². The van der Waals surface area contributed by atoms with Crippen molar-refractivity contribution in [3.8, 4) is 5.75 Å². The van der Waals surface area contributed by atoms with Crippen molar-refractivity contribution in [3.05, 3.63) is 33.9 Å². The fourth-order valence-corrected chi connectivity index (χ4v) is 2.30. The summed E-state index contributed by atoms with van der Waals surface area (Å²) in [5, 5.41) is 14.5. The molecule has 0 amide bonds. The molecule has 0 spiro atoms. The summed E-state index contributed by atoms with van der Waals surface area (Å²) in [7, 11) is 0. The first-order chi connectivity index (χ1) is 10.2. The highest BCUT2D eigenvalue weighted by molar-refractivity contribution is 5.48. The topological polar surface area (TPSA) is 73.6 Å². The molecule has 21 heavy (non-hydrogen) atoms. The molecule has 0 atom stereocenters. The minimum atomic E-state index is -0.377. The zero-order valence-corrected chi connectivity index (χ0v) is 12.3. The lowest BCUT2D eigenvalue weighted by Gasteiger charge is -2.23. The van der Waals surface area contributed by atoms with E-state index in [2.05, 4.69) is 12.2 Å². The SMILES string of the molecule is CCCNCc1ccc(OC2CCOCC2)c([N+](=O)[O-])c1. The summed E-state index contributed by atoms with van der Waals surface area (Å²) in [6.45, 7) is 4.91. The quantitative estimate of drug-likeness (QED) is 0.475. The number of ether oxygens (including phenoxy) is 2. The summed E-state index contributed by atoms with van der Waals surface area (Å²) >= 11 is 0. The molecular formula is C15H22N2O4. The maximum atomic E-state index is 11.2. The van der Waals surface area contributed by atoms with E-state index >= 15 is 0 Å². The highest BCUT2D eigenvalue weighted by Crippen LogP contribution is 2.30. The summed E-state index contributed by atoms with van der Waals surface area (Å²) in [5.74, 6) is 0.353. The Morgan fingerprint density at radius 1 is 1.43 bits per heavy atom. The van der Waals surface area contributed by atoms with Crippen molar-refractivity contribution in [1.82, 2.24) is 5.32 Å². The second kappa shape index (κ2) is 7.95. The predicted molar refractivity (Wildman–Crippen MR) is 79.6 cm³/mol.